The first-order valence-corrected chi connectivity index (χ1v) is 6.56. The molecule has 18 heavy (non-hydrogen) atoms. The van der Waals surface area contributed by atoms with Gasteiger partial charge in [-0.3, -0.25) is 4.98 Å². The highest BCUT2D eigenvalue weighted by molar-refractivity contribution is 5.42. The van der Waals surface area contributed by atoms with Crippen molar-refractivity contribution in [1.29, 1.82) is 0 Å². The lowest BCUT2D eigenvalue weighted by Crippen LogP contribution is -2.00. The highest BCUT2D eigenvalue weighted by Gasteiger charge is 2.22. The molecule has 0 atom stereocenters. The molecule has 1 N–H and O–H groups in total. The van der Waals surface area contributed by atoms with E-state index in [0.29, 0.717) is 0 Å². The molecule has 0 aliphatic heterocycles. The summed E-state index contributed by atoms with van der Waals surface area (Å²) in [5.74, 6) is 0.841. The minimum atomic E-state index is 0.841. The summed E-state index contributed by atoms with van der Waals surface area (Å²) in [5, 5.41) is 3.39. The molecule has 0 spiro atoms. The molecule has 2 heteroatoms. The summed E-state index contributed by atoms with van der Waals surface area (Å²) >= 11 is 0. The number of hydrogen-bond acceptors (Lipinski definition) is 2. The van der Waals surface area contributed by atoms with Crippen molar-refractivity contribution >= 4 is 5.69 Å². The lowest BCUT2D eigenvalue weighted by Gasteiger charge is -2.07. The first-order valence-electron chi connectivity index (χ1n) is 6.56. The fourth-order valence-corrected chi connectivity index (χ4v) is 2.10. The van der Waals surface area contributed by atoms with Crippen molar-refractivity contribution in [3.05, 3.63) is 59.4 Å². The molecule has 1 aromatic heterocycles. The van der Waals surface area contributed by atoms with Crippen LogP contribution in [0.3, 0.4) is 0 Å². The van der Waals surface area contributed by atoms with Gasteiger partial charge in [-0.15, -0.1) is 0 Å². The molecule has 2 nitrogen and oxygen atoms in total. The summed E-state index contributed by atoms with van der Waals surface area (Å²) in [6.07, 6.45) is 4.62. The van der Waals surface area contributed by atoms with Crippen molar-refractivity contribution < 1.29 is 0 Å². The number of pyridine rings is 1. The molecule has 1 heterocycles. The van der Waals surface area contributed by atoms with Crippen LogP contribution in [0.2, 0.25) is 0 Å². The molecule has 1 saturated carbocycles. The van der Waals surface area contributed by atoms with E-state index in [1.807, 2.05) is 19.2 Å². The van der Waals surface area contributed by atoms with Gasteiger partial charge in [-0.1, -0.05) is 24.3 Å². The van der Waals surface area contributed by atoms with Crippen molar-refractivity contribution in [3.63, 3.8) is 0 Å². The minimum absolute atomic E-state index is 0.841. The third-order valence-corrected chi connectivity index (χ3v) is 3.44. The van der Waals surface area contributed by atoms with Gasteiger partial charge in [0.05, 0.1) is 11.9 Å². The van der Waals surface area contributed by atoms with Gasteiger partial charge in [0.1, 0.15) is 0 Å². The number of aryl methyl sites for hydroxylation is 1. The van der Waals surface area contributed by atoms with E-state index in [1.165, 1.54) is 24.0 Å². The summed E-state index contributed by atoms with van der Waals surface area (Å²) in [5.41, 5.74) is 4.94. The van der Waals surface area contributed by atoms with E-state index < -0.39 is 0 Å². The van der Waals surface area contributed by atoms with Crippen LogP contribution in [0.1, 0.15) is 35.6 Å². The highest BCUT2D eigenvalue weighted by atomic mass is 14.9. The zero-order valence-corrected chi connectivity index (χ0v) is 10.7. The fraction of sp³-hybridized carbons (Fsp3) is 0.312. The normalized spacial score (nSPS) is 14.5. The van der Waals surface area contributed by atoms with Gasteiger partial charge in [-0.2, -0.15) is 0 Å². The van der Waals surface area contributed by atoms with Crippen LogP contribution in [-0.4, -0.2) is 4.98 Å². The highest BCUT2D eigenvalue weighted by Crippen LogP contribution is 2.39. The Morgan fingerprint density at radius 2 is 1.89 bits per heavy atom. The largest absolute Gasteiger partial charge is 0.380 e. The molecule has 0 bridgehead atoms. The van der Waals surface area contributed by atoms with Gasteiger partial charge in [-0.25, -0.2) is 0 Å². The standard InChI is InChI=1S/C16H18N2/c1-12-2-9-16(11-17-12)18-10-13-3-5-14(6-4-13)15-7-8-15/h2-6,9,11,15,18H,7-8,10H2,1H3. The van der Waals surface area contributed by atoms with E-state index in [9.17, 15) is 0 Å². The molecule has 1 aliphatic rings. The van der Waals surface area contributed by atoms with Crippen LogP contribution < -0.4 is 5.32 Å². The number of rotatable bonds is 4. The van der Waals surface area contributed by atoms with Gasteiger partial charge in [0.25, 0.3) is 0 Å². The average Bonchev–Trinajstić information content (AvgIpc) is 3.23. The van der Waals surface area contributed by atoms with Crippen LogP contribution in [0.25, 0.3) is 0 Å². The zero-order valence-electron chi connectivity index (χ0n) is 10.7. The third-order valence-electron chi connectivity index (χ3n) is 3.44. The Bertz CT molecular complexity index is 510. The van der Waals surface area contributed by atoms with Crippen molar-refractivity contribution in [2.24, 2.45) is 0 Å². The molecule has 2 aromatic rings. The third kappa shape index (κ3) is 2.70. The van der Waals surface area contributed by atoms with Crippen LogP contribution in [0.5, 0.6) is 0 Å². The second kappa shape index (κ2) is 4.81. The van der Waals surface area contributed by atoms with E-state index in [0.717, 1.165) is 23.8 Å². The summed E-state index contributed by atoms with van der Waals surface area (Å²) < 4.78 is 0. The van der Waals surface area contributed by atoms with Crippen molar-refractivity contribution in [3.8, 4) is 0 Å². The Morgan fingerprint density at radius 3 is 2.50 bits per heavy atom. The van der Waals surface area contributed by atoms with Crippen LogP contribution in [0.15, 0.2) is 42.6 Å². The molecular weight excluding hydrogens is 220 g/mol. The van der Waals surface area contributed by atoms with E-state index >= 15 is 0 Å². The Hall–Kier alpha value is -1.83. The quantitative estimate of drug-likeness (QED) is 0.874. The Labute approximate surface area is 108 Å². The van der Waals surface area contributed by atoms with E-state index in [1.54, 1.807) is 0 Å². The molecule has 1 aliphatic carbocycles. The summed E-state index contributed by atoms with van der Waals surface area (Å²) in [7, 11) is 0. The molecule has 1 aromatic carbocycles. The second-order valence-electron chi connectivity index (χ2n) is 5.06. The molecule has 0 saturated heterocycles. The minimum Gasteiger partial charge on any atom is -0.380 e. The number of aromatic nitrogens is 1. The molecule has 92 valence electrons. The van der Waals surface area contributed by atoms with Gasteiger partial charge < -0.3 is 5.32 Å². The van der Waals surface area contributed by atoms with Crippen molar-refractivity contribution in [1.82, 2.24) is 4.98 Å². The average molecular weight is 238 g/mol. The summed E-state index contributed by atoms with van der Waals surface area (Å²) in [6, 6.07) is 13.1. The van der Waals surface area contributed by atoms with Gasteiger partial charge in [0, 0.05) is 12.2 Å². The number of nitrogens with zero attached hydrogens (tertiary/aromatic N) is 1. The number of hydrogen-bond donors (Lipinski definition) is 1. The lowest BCUT2D eigenvalue weighted by molar-refractivity contribution is 1.09. The molecule has 1 fully saturated rings. The van der Waals surface area contributed by atoms with Gasteiger partial charge in [0.15, 0.2) is 0 Å². The predicted octanol–water partition coefficient (Wildman–Crippen LogP) is 3.88. The monoisotopic (exact) mass is 238 g/mol. The Morgan fingerprint density at radius 1 is 1.11 bits per heavy atom. The maximum absolute atomic E-state index is 4.27. The van der Waals surface area contributed by atoms with Gasteiger partial charge in [0.2, 0.25) is 0 Å². The number of benzene rings is 1. The van der Waals surface area contributed by atoms with Crippen LogP contribution in [0, 0.1) is 6.92 Å². The summed E-state index contributed by atoms with van der Waals surface area (Å²) in [4.78, 5) is 4.27. The van der Waals surface area contributed by atoms with E-state index in [-0.39, 0.29) is 0 Å². The molecule has 0 amide bonds. The summed E-state index contributed by atoms with van der Waals surface area (Å²) in [6.45, 7) is 2.86. The zero-order chi connectivity index (χ0) is 12.4. The lowest BCUT2D eigenvalue weighted by atomic mass is 10.1. The molecule has 0 unspecified atom stereocenters. The van der Waals surface area contributed by atoms with Crippen molar-refractivity contribution in [2.45, 2.75) is 32.2 Å². The smallest absolute Gasteiger partial charge is 0.0529 e. The number of anilines is 1. The molecule has 3 rings (SSSR count). The van der Waals surface area contributed by atoms with Gasteiger partial charge >= 0.3 is 0 Å². The second-order valence-corrected chi connectivity index (χ2v) is 5.06. The molecule has 0 radical (unpaired) electrons. The van der Waals surface area contributed by atoms with Crippen molar-refractivity contribution in [2.75, 3.05) is 5.32 Å². The molecular formula is C16H18N2. The Balaban J connectivity index is 1.60. The van der Waals surface area contributed by atoms with Crippen LogP contribution in [0.4, 0.5) is 5.69 Å². The SMILES string of the molecule is Cc1ccc(NCc2ccc(C3CC3)cc2)cn1. The fourth-order valence-electron chi connectivity index (χ4n) is 2.10. The van der Waals surface area contributed by atoms with E-state index in [2.05, 4.69) is 40.6 Å². The first kappa shape index (κ1) is 11.3. The van der Waals surface area contributed by atoms with Gasteiger partial charge in [-0.05, 0) is 48.9 Å². The number of nitrogens with one attached hydrogen (secondary N) is 1. The maximum Gasteiger partial charge on any atom is 0.0529 e. The van der Waals surface area contributed by atoms with Crippen LogP contribution in [-0.2, 0) is 6.54 Å². The van der Waals surface area contributed by atoms with Crippen LogP contribution >= 0.6 is 0 Å². The predicted molar refractivity (Wildman–Crippen MR) is 74.7 cm³/mol. The first-order chi connectivity index (χ1) is 8.81. The van der Waals surface area contributed by atoms with E-state index in [4.69, 9.17) is 0 Å². The Kier molecular flexibility index (Phi) is 3.01. The topological polar surface area (TPSA) is 24.9 Å². The maximum atomic E-state index is 4.27.